The average Bonchev–Trinajstić information content (AvgIpc) is 1.68. The van der Waals surface area contributed by atoms with Crippen LogP contribution in [0.15, 0.2) is 11.1 Å². The summed E-state index contributed by atoms with van der Waals surface area (Å²) in [6.07, 6.45) is 0.700. The van der Waals surface area contributed by atoms with Crippen molar-refractivity contribution in [2.75, 3.05) is 0 Å². The highest BCUT2D eigenvalue weighted by molar-refractivity contribution is 6.03. The smallest absolute Gasteiger partial charge is 0.162 e. The SMILES string of the molecule is CC1=C(C)C(=O)C1. The molecule has 0 atom stereocenters. The molecule has 0 N–H and O–H groups in total. The van der Waals surface area contributed by atoms with E-state index < -0.39 is 0 Å². The Morgan fingerprint density at radius 1 is 1.43 bits per heavy atom. The molecular formula is C6H8O. The van der Waals surface area contributed by atoms with Crippen molar-refractivity contribution in [3.8, 4) is 0 Å². The third kappa shape index (κ3) is 0.483. The highest BCUT2D eigenvalue weighted by Crippen LogP contribution is 2.21. The molecule has 0 fully saturated rings. The first-order chi connectivity index (χ1) is 3.22. The van der Waals surface area contributed by atoms with E-state index in [1.54, 1.807) is 0 Å². The fourth-order valence-corrected chi connectivity index (χ4v) is 0.637. The lowest BCUT2D eigenvalue weighted by Gasteiger charge is -2.13. The lowest BCUT2D eigenvalue weighted by Crippen LogP contribution is -2.12. The van der Waals surface area contributed by atoms with E-state index in [1.165, 1.54) is 5.57 Å². The largest absolute Gasteiger partial charge is 0.294 e. The first-order valence-corrected chi connectivity index (χ1v) is 2.41. The third-order valence-electron chi connectivity index (χ3n) is 1.48. The number of rotatable bonds is 0. The zero-order valence-electron chi connectivity index (χ0n) is 4.62. The molecule has 0 spiro atoms. The molecule has 7 heavy (non-hydrogen) atoms. The monoisotopic (exact) mass is 96.1 g/mol. The lowest BCUT2D eigenvalue weighted by molar-refractivity contribution is -0.116. The van der Waals surface area contributed by atoms with E-state index in [1.807, 2.05) is 13.8 Å². The van der Waals surface area contributed by atoms with E-state index in [4.69, 9.17) is 0 Å². The molecule has 1 heteroatoms. The van der Waals surface area contributed by atoms with Crippen molar-refractivity contribution in [1.82, 2.24) is 0 Å². The van der Waals surface area contributed by atoms with Gasteiger partial charge in [-0.3, -0.25) is 4.79 Å². The molecule has 0 unspecified atom stereocenters. The molecule has 0 aromatic rings. The Hall–Kier alpha value is -0.590. The highest BCUT2D eigenvalue weighted by atomic mass is 16.1. The summed E-state index contributed by atoms with van der Waals surface area (Å²) in [4.78, 5) is 10.4. The predicted molar refractivity (Wildman–Crippen MR) is 28.0 cm³/mol. The van der Waals surface area contributed by atoms with E-state index >= 15 is 0 Å². The van der Waals surface area contributed by atoms with Crippen LogP contribution in [0.25, 0.3) is 0 Å². The van der Waals surface area contributed by atoms with Gasteiger partial charge in [0.15, 0.2) is 5.78 Å². The molecule has 0 aromatic carbocycles. The summed E-state index contributed by atoms with van der Waals surface area (Å²) in [7, 11) is 0. The molecule has 1 aliphatic carbocycles. The molecule has 0 saturated heterocycles. The molecule has 0 bridgehead atoms. The van der Waals surface area contributed by atoms with Gasteiger partial charge in [0.1, 0.15) is 0 Å². The maximum atomic E-state index is 10.4. The van der Waals surface area contributed by atoms with Crippen molar-refractivity contribution in [2.45, 2.75) is 20.3 Å². The Balaban J connectivity index is 2.85. The van der Waals surface area contributed by atoms with Gasteiger partial charge in [-0.2, -0.15) is 0 Å². The normalized spacial score (nSPS) is 20.0. The van der Waals surface area contributed by atoms with Crippen LogP contribution >= 0.6 is 0 Å². The number of hydrogen-bond acceptors (Lipinski definition) is 1. The minimum absolute atomic E-state index is 0.317. The molecule has 38 valence electrons. The van der Waals surface area contributed by atoms with Crippen molar-refractivity contribution in [3.05, 3.63) is 11.1 Å². The zero-order chi connectivity index (χ0) is 5.44. The van der Waals surface area contributed by atoms with E-state index in [-0.39, 0.29) is 0 Å². The minimum Gasteiger partial charge on any atom is -0.294 e. The van der Waals surface area contributed by atoms with Gasteiger partial charge in [-0.1, -0.05) is 5.57 Å². The van der Waals surface area contributed by atoms with Crippen LogP contribution < -0.4 is 0 Å². The number of allylic oxidation sites excluding steroid dienone is 2. The maximum absolute atomic E-state index is 10.4. The van der Waals surface area contributed by atoms with Crippen LogP contribution in [0.2, 0.25) is 0 Å². The summed E-state index contributed by atoms with van der Waals surface area (Å²) < 4.78 is 0. The van der Waals surface area contributed by atoms with Gasteiger partial charge in [-0.05, 0) is 19.4 Å². The van der Waals surface area contributed by atoms with Crippen LogP contribution in [-0.4, -0.2) is 5.78 Å². The quantitative estimate of drug-likeness (QED) is 0.444. The van der Waals surface area contributed by atoms with Crippen LogP contribution in [0, 0.1) is 0 Å². The Labute approximate surface area is 43.0 Å². The lowest BCUT2D eigenvalue weighted by atomic mass is 9.90. The van der Waals surface area contributed by atoms with Crippen molar-refractivity contribution >= 4 is 5.78 Å². The van der Waals surface area contributed by atoms with Crippen LogP contribution in [-0.2, 0) is 4.79 Å². The van der Waals surface area contributed by atoms with Crippen LogP contribution in [0.4, 0.5) is 0 Å². The fourth-order valence-electron chi connectivity index (χ4n) is 0.637. The van der Waals surface area contributed by atoms with Gasteiger partial charge in [0, 0.05) is 6.42 Å². The average molecular weight is 96.1 g/mol. The number of ketones is 1. The Kier molecular flexibility index (Phi) is 0.775. The Morgan fingerprint density at radius 2 is 2.00 bits per heavy atom. The summed E-state index contributed by atoms with van der Waals surface area (Å²) >= 11 is 0. The summed E-state index contributed by atoms with van der Waals surface area (Å²) in [6.45, 7) is 3.87. The van der Waals surface area contributed by atoms with Crippen LogP contribution in [0.1, 0.15) is 20.3 Å². The van der Waals surface area contributed by atoms with Crippen LogP contribution in [0.3, 0.4) is 0 Å². The molecule has 0 aromatic heterocycles. The first kappa shape index (κ1) is 4.57. The van der Waals surface area contributed by atoms with Crippen LogP contribution in [0.5, 0.6) is 0 Å². The molecule has 0 heterocycles. The van der Waals surface area contributed by atoms with Gasteiger partial charge < -0.3 is 0 Å². The topological polar surface area (TPSA) is 17.1 Å². The van der Waals surface area contributed by atoms with E-state index in [0.29, 0.717) is 12.2 Å². The van der Waals surface area contributed by atoms with E-state index in [2.05, 4.69) is 0 Å². The second kappa shape index (κ2) is 1.19. The molecule has 0 saturated carbocycles. The molecule has 1 aliphatic rings. The molecule has 0 amide bonds. The molecule has 1 rings (SSSR count). The summed E-state index contributed by atoms with van der Waals surface area (Å²) in [5.74, 6) is 0.317. The standard InChI is InChI=1S/C6H8O/c1-4-3-6(7)5(4)2/h3H2,1-2H3. The maximum Gasteiger partial charge on any atom is 0.162 e. The number of Topliss-reactive ketones (excluding diaryl/α,β-unsaturated/α-hetero) is 1. The number of carbonyl (C=O) groups is 1. The minimum atomic E-state index is 0.317. The van der Waals surface area contributed by atoms with Gasteiger partial charge in [0.25, 0.3) is 0 Å². The van der Waals surface area contributed by atoms with Gasteiger partial charge in [-0.15, -0.1) is 0 Å². The summed E-state index contributed by atoms with van der Waals surface area (Å²) in [6, 6.07) is 0. The molecule has 1 nitrogen and oxygen atoms in total. The van der Waals surface area contributed by atoms with Gasteiger partial charge in [0.2, 0.25) is 0 Å². The van der Waals surface area contributed by atoms with E-state index in [0.717, 1.165) is 5.57 Å². The second-order valence-corrected chi connectivity index (χ2v) is 2.01. The van der Waals surface area contributed by atoms with Crippen molar-refractivity contribution in [1.29, 1.82) is 0 Å². The second-order valence-electron chi connectivity index (χ2n) is 2.01. The third-order valence-corrected chi connectivity index (χ3v) is 1.48. The molecule has 0 aliphatic heterocycles. The zero-order valence-corrected chi connectivity index (χ0v) is 4.62. The molecular weight excluding hydrogens is 88.1 g/mol. The summed E-state index contributed by atoms with van der Waals surface area (Å²) in [5, 5.41) is 0. The number of hydrogen-bond donors (Lipinski definition) is 0. The van der Waals surface area contributed by atoms with Crippen molar-refractivity contribution in [3.63, 3.8) is 0 Å². The van der Waals surface area contributed by atoms with Gasteiger partial charge in [0.05, 0.1) is 0 Å². The summed E-state index contributed by atoms with van der Waals surface area (Å²) in [5.41, 5.74) is 2.23. The molecule has 0 radical (unpaired) electrons. The first-order valence-electron chi connectivity index (χ1n) is 2.41. The Morgan fingerprint density at radius 3 is 2.00 bits per heavy atom. The highest BCUT2D eigenvalue weighted by Gasteiger charge is 2.17. The van der Waals surface area contributed by atoms with Crippen molar-refractivity contribution < 1.29 is 4.79 Å². The van der Waals surface area contributed by atoms with Crippen molar-refractivity contribution in [2.24, 2.45) is 0 Å². The van der Waals surface area contributed by atoms with E-state index in [9.17, 15) is 4.79 Å². The fraction of sp³-hybridized carbons (Fsp3) is 0.500. The van der Waals surface area contributed by atoms with Gasteiger partial charge in [-0.25, -0.2) is 0 Å². The predicted octanol–water partition coefficient (Wildman–Crippen LogP) is 1.30. The number of carbonyl (C=O) groups excluding carboxylic acids is 1. The Bertz CT molecular complexity index is 142. The van der Waals surface area contributed by atoms with Gasteiger partial charge >= 0.3 is 0 Å².